The Balaban J connectivity index is 0.00000320. The molecule has 3 aromatic rings. The number of hydrogen-bond acceptors (Lipinski definition) is 3. The maximum absolute atomic E-state index is 6.63. The van der Waals surface area contributed by atoms with E-state index in [1.165, 1.54) is 15.6 Å². The van der Waals surface area contributed by atoms with Gasteiger partial charge >= 0.3 is 4.28 Å². The van der Waals surface area contributed by atoms with Gasteiger partial charge in [0.05, 0.1) is 0 Å². The van der Waals surface area contributed by atoms with Crippen molar-refractivity contribution in [3.63, 3.8) is 0 Å². The Kier molecular flexibility index (Phi) is 7.96. The minimum Gasteiger partial charge on any atom is -0.374 e. The Bertz CT molecular complexity index is 764. The lowest BCUT2D eigenvalue weighted by molar-refractivity contribution is -0.190. The van der Waals surface area contributed by atoms with Crippen molar-refractivity contribution in [1.29, 1.82) is 0 Å². The molecule has 3 aromatic carbocycles. The number of benzene rings is 3. The first-order valence-corrected chi connectivity index (χ1v) is 17.8. The minimum atomic E-state index is -1.66. The zero-order chi connectivity index (χ0) is 20.7. The van der Waals surface area contributed by atoms with Gasteiger partial charge in [-0.1, -0.05) is 91.0 Å². The zero-order valence-corrected chi connectivity index (χ0v) is 23.1. The van der Waals surface area contributed by atoms with Gasteiger partial charge in [0, 0.05) is 0 Å². The van der Waals surface area contributed by atoms with Crippen LogP contribution in [-0.4, -0.2) is 43.0 Å². The molecule has 0 amide bonds. The molecule has 0 aromatic heterocycles. The fourth-order valence-corrected chi connectivity index (χ4v) is 11.9. The average Bonchev–Trinajstić information content (AvgIpc) is 2.75. The van der Waals surface area contributed by atoms with Gasteiger partial charge in [-0.3, -0.25) is 0 Å². The molecule has 0 N–H and O–H groups in total. The van der Waals surface area contributed by atoms with Crippen LogP contribution in [0.4, 0.5) is 0 Å². The van der Waals surface area contributed by atoms with Gasteiger partial charge in [-0.2, -0.15) is 0 Å². The molecule has 152 valence electrons. The van der Waals surface area contributed by atoms with Crippen LogP contribution in [0.1, 0.15) is 4.28 Å². The lowest BCUT2D eigenvalue weighted by Crippen LogP contribution is -2.55. The summed E-state index contributed by atoms with van der Waals surface area (Å²) in [5, 5.41) is 3.80. The molecule has 0 bridgehead atoms. The average molecular weight is 458 g/mol. The van der Waals surface area contributed by atoms with Crippen molar-refractivity contribution >= 4 is 52.9 Å². The molecule has 3 nitrogen and oxygen atoms in total. The van der Waals surface area contributed by atoms with Crippen molar-refractivity contribution in [3.05, 3.63) is 91.0 Å². The van der Waals surface area contributed by atoms with Gasteiger partial charge in [-0.25, -0.2) is 0 Å². The van der Waals surface area contributed by atoms with Crippen LogP contribution < -0.4 is 15.6 Å². The molecule has 0 heterocycles. The molecule has 3 rings (SSSR count). The first kappa shape index (κ1) is 22.1. The fourth-order valence-electron chi connectivity index (χ4n) is 3.42. The lowest BCUT2D eigenvalue weighted by atomic mass is 10.4. The second-order valence-corrected chi connectivity index (χ2v) is 15.2. The summed E-state index contributed by atoms with van der Waals surface area (Å²) in [6.07, 6.45) is 0. The van der Waals surface area contributed by atoms with Crippen molar-refractivity contribution in [2.45, 2.75) is 25.2 Å². The Morgan fingerprint density at radius 2 is 0.793 bits per heavy atom. The van der Waals surface area contributed by atoms with Crippen LogP contribution in [0, 0.1) is 0 Å². The van der Waals surface area contributed by atoms with Gasteiger partial charge in [-0.15, -0.1) is 0 Å². The fraction of sp³-hybridized carbons (Fsp3) is 0.182. The first-order chi connectivity index (χ1) is 14.0. The topological polar surface area (TPSA) is 27.7 Å². The third kappa shape index (κ3) is 6.44. The summed E-state index contributed by atoms with van der Waals surface area (Å²) >= 11 is 0. The number of hydrogen-bond donors (Lipinski definition) is 0. The highest BCUT2D eigenvalue weighted by Crippen LogP contribution is 2.16. The van der Waals surface area contributed by atoms with Gasteiger partial charge in [-0.05, 0) is 35.2 Å². The van der Waals surface area contributed by atoms with E-state index in [0.717, 1.165) is 0 Å². The molecule has 0 aliphatic heterocycles. The van der Waals surface area contributed by atoms with Crippen LogP contribution in [-0.2, 0) is 13.3 Å². The molecule has 0 saturated heterocycles. The van der Waals surface area contributed by atoms with Crippen molar-refractivity contribution in [2.75, 3.05) is 0 Å². The Hall–Kier alpha value is -1.59. The van der Waals surface area contributed by atoms with Crippen LogP contribution in [0.3, 0.4) is 0 Å². The summed E-state index contributed by atoms with van der Waals surface area (Å²) in [6.45, 7) is 6.62. The molecule has 29 heavy (non-hydrogen) atoms. The molecular formula is C22H33O3Si4+3. The molecule has 0 aliphatic carbocycles. The van der Waals surface area contributed by atoms with Crippen molar-refractivity contribution in [3.8, 4) is 0 Å². The van der Waals surface area contributed by atoms with E-state index in [-0.39, 0.29) is 4.28 Å². The molecular weight excluding hydrogens is 425 g/mol. The van der Waals surface area contributed by atoms with Gasteiger partial charge in [0.25, 0.3) is 0 Å². The first-order valence-electron chi connectivity index (χ1n) is 10.1. The standard InChI is InChI=1S/C22H30O3Si4/c1-27(19-13-7-4-8-14-19)23-22(26,24-28(2)20-15-9-5-10-16-20)25-29(3)21-17-11-6-12-18-21/h4-18,27-29H,1-3,26H3/p+3. The summed E-state index contributed by atoms with van der Waals surface area (Å²) in [4.78, 5) is 0. The largest absolute Gasteiger partial charge is 1.00 e. The van der Waals surface area contributed by atoms with E-state index in [1.54, 1.807) is 0 Å². The van der Waals surface area contributed by atoms with E-state index in [4.69, 9.17) is 13.3 Å². The molecule has 0 fully saturated rings. The van der Waals surface area contributed by atoms with Gasteiger partial charge in [0.15, 0.2) is 0 Å². The summed E-state index contributed by atoms with van der Waals surface area (Å²) in [6, 6.07) is 31.4. The predicted molar refractivity (Wildman–Crippen MR) is 137 cm³/mol. The third-order valence-electron chi connectivity index (χ3n) is 4.98. The molecule has 0 spiro atoms. The van der Waals surface area contributed by atoms with E-state index < -0.39 is 32.7 Å². The van der Waals surface area contributed by atoms with E-state index >= 15 is 0 Å². The smallest absolute Gasteiger partial charge is 0.374 e. The van der Waals surface area contributed by atoms with E-state index in [2.05, 4.69) is 92.4 Å². The van der Waals surface area contributed by atoms with E-state index in [0.29, 0.717) is 10.2 Å². The lowest BCUT2D eigenvalue weighted by Gasteiger charge is -2.38. The zero-order valence-electron chi connectivity index (χ0n) is 20.6. The molecule has 3 atom stereocenters. The van der Waals surface area contributed by atoms with E-state index in [9.17, 15) is 0 Å². The highest BCUT2D eigenvalue weighted by Gasteiger charge is 2.34. The minimum absolute atomic E-state index is 0. The summed E-state index contributed by atoms with van der Waals surface area (Å²) < 4.78 is 19.9. The highest BCUT2D eigenvalue weighted by atomic mass is 28.3. The predicted octanol–water partition coefficient (Wildman–Crippen LogP) is 1.13. The molecule has 0 radical (unpaired) electrons. The molecule has 3 unspecified atom stereocenters. The maximum Gasteiger partial charge on any atom is 1.00 e. The normalized spacial score (nSPS) is 16.7. The van der Waals surface area contributed by atoms with Crippen LogP contribution >= 0.6 is 0 Å². The summed E-state index contributed by atoms with van der Waals surface area (Å²) in [7, 11) is -4.33. The molecule has 0 saturated carbocycles. The summed E-state index contributed by atoms with van der Waals surface area (Å²) in [5.41, 5.74) is -0.898. The van der Waals surface area contributed by atoms with Gasteiger partial charge in [0.2, 0.25) is 32.7 Å². The Morgan fingerprint density at radius 1 is 0.552 bits per heavy atom. The van der Waals surface area contributed by atoms with Crippen LogP contribution in [0.5, 0.6) is 0 Å². The number of rotatable bonds is 9. The van der Waals surface area contributed by atoms with Gasteiger partial charge in [0.1, 0.15) is 10.2 Å². The van der Waals surface area contributed by atoms with Crippen molar-refractivity contribution < 1.29 is 17.6 Å². The Morgan fingerprint density at radius 3 is 1.03 bits per heavy atom. The van der Waals surface area contributed by atoms with Gasteiger partial charge < -0.3 is 13.3 Å². The van der Waals surface area contributed by atoms with Crippen molar-refractivity contribution in [1.82, 2.24) is 0 Å². The van der Waals surface area contributed by atoms with Crippen LogP contribution in [0.2, 0.25) is 19.6 Å². The van der Waals surface area contributed by atoms with Crippen LogP contribution in [0.25, 0.3) is 0 Å². The highest BCUT2D eigenvalue weighted by molar-refractivity contribution is 6.69. The Labute approximate surface area is 186 Å². The second kappa shape index (κ2) is 10.4. The molecule has 0 aliphatic rings. The second-order valence-electron chi connectivity index (χ2n) is 7.37. The quantitative estimate of drug-likeness (QED) is 0.356. The van der Waals surface area contributed by atoms with Crippen LogP contribution in [0.15, 0.2) is 91.0 Å². The third-order valence-corrected chi connectivity index (χ3v) is 13.4. The SMILES string of the molecule is C[SiH](OC([SiH3])(O[SiH](C)c1ccccc1)O[SiH](C)c1ccccc1)c1ccccc1.[H+].[H+].[H+]. The van der Waals surface area contributed by atoms with Crippen molar-refractivity contribution in [2.24, 2.45) is 0 Å². The monoisotopic (exact) mass is 457 g/mol. The van der Waals surface area contributed by atoms with E-state index in [1.807, 2.05) is 18.2 Å². The molecule has 7 heteroatoms. The summed E-state index contributed by atoms with van der Waals surface area (Å²) in [5.74, 6) is 0. The maximum atomic E-state index is 6.63.